The molecule has 1 saturated carbocycles. The number of amides is 1. The minimum Gasteiger partial charge on any atom is -0.422 e. The van der Waals surface area contributed by atoms with E-state index >= 15 is 0 Å². The van der Waals surface area contributed by atoms with Crippen molar-refractivity contribution in [2.24, 2.45) is 0 Å². The van der Waals surface area contributed by atoms with E-state index in [-0.39, 0.29) is 11.6 Å². The smallest absolute Gasteiger partial charge is 0.365 e. The lowest BCUT2D eigenvalue weighted by atomic mass is 10.2. The first-order valence-electron chi connectivity index (χ1n) is 8.34. The van der Waals surface area contributed by atoms with E-state index in [1.807, 2.05) is 6.07 Å². The van der Waals surface area contributed by atoms with Crippen LogP contribution < -0.4 is 10.1 Å². The zero-order valence-electron chi connectivity index (χ0n) is 13.8. The number of rotatable bonds is 5. The zero-order valence-corrected chi connectivity index (χ0v) is 13.8. The second-order valence-corrected chi connectivity index (χ2v) is 6.12. The van der Waals surface area contributed by atoms with Crippen molar-refractivity contribution in [3.05, 3.63) is 77.7 Å². The van der Waals surface area contributed by atoms with Crippen molar-refractivity contribution in [3.63, 3.8) is 0 Å². The summed E-state index contributed by atoms with van der Waals surface area (Å²) in [6.45, 7) is 0. The maximum absolute atomic E-state index is 12.1. The van der Waals surface area contributed by atoms with Gasteiger partial charge in [0.2, 0.25) is 0 Å². The number of aromatic nitrogens is 1. The van der Waals surface area contributed by atoms with E-state index in [9.17, 15) is 9.59 Å². The minimum atomic E-state index is -0.568. The van der Waals surface area contributed by atoms with Crippen LogP contribution in [0.2, 0.25) is 0 Å². The van der Waals surface area contributed by atoms with Gasteiger partial charge in [0, 0.05) is 23.2 Å². The van der Waals surface area contributed by atoms with Gasteiger partial charge in [-0.3, -0.25) is 4.79 Å². The molecule has 130 valence electrons. The molecule has 0 bridgehead atoms. The van der Waals surface area contributed by atoms with E-state index in [1.165, 1.54) is 0 Å². The monoisotopic (exact) mass is 348 g/mol. The molecule has 1 amide bonds. The molecule has 0 radical (unpaired) electrons. The fourth-order valence-electron chi connectivity index (χ4n) is 2.50. The van der Waals surface area contributed by atoms with Crippen molar-refractivity contribution in [3.8, 4) is 5.75 Å². The molecule has 0 aliphatic heterocycles. The van der Waals surface area contributed by atoms with Gasteiger partial charge in [-0.05, 0) is 49.2 Å². The predicted octanol–water partition coefficient (Wildman–Crippen LogP) is 4.02. The molecule has 1 fully saturated rings. The molecule has 4 rings (SSSR count). The third-order valence-electron chi connectivity index (χ3n) is 4.08. The standard InChI is InChI=1S/C20H16N2O4/c23-19(14-4-2-1-3-5-14)21-15-8-10-16(11-9-15)25-20(24)17-12-18(26-22-17)13-6-7-13/h1-5,8-13H,6-7H2,(H,21,23). The van der Waals surface area contributed by atoms with Gasteiger partial charge in [-0.2, -0.15) is 0 Å². The van der Waals surface area contributed by atoms with Gasteiger partial charge in [0.15, 0.2) is 5.69 Å². The zero-order chi connectivity index (χ0) is 17.9. The van der Waals surface area contributed by atoms with Crippen LogP contribution in [-0.2, 0) is 0 Å². The van der Waals surface area contributed by atoms with E-state index < -0.39 is 5.97 Å². The molecule has 0 spiro atoms. The molecule has 0 unspecified atom stereocenters. The Bertz CT molecular complexity index is 928. The van der Waals surface area contributed by atoms with Gasteiger partial charge in [0.05, 0.1) is 0 Å². The average molecular weight is 348 g/mol. The predicted molar refractivity (Wildman–Crippen MR) is 94.3 cm³/mol. The van der Waals surface area contributed by atoms with Gasteiger partial charge < -0.3 is 14.6 Å². The highest BCUT2D eigenvalue weighted by Gasteiger charge is 2.29. The van der Waals surface area contributed by atoms with Crippen LogP contribution in [0.1, 0.15) is 45.4 Å². The van der Waals surface area contributed by atoms with Crippen LogP contribution >= 0.6 is 0 Å². The van der Waals surface area contributed by atoms with Crippen LogP contribution in [0.3, 0.4) is 0 Å². The number of anilines is 1. The molecular formula is C20H16N2O4. The van der Waals surface area contributed by atoms with Crippen molar-refractivity contribution < 1.29 is 18.8 Å². The van der Waals surface area contributed by atoms with Crippen molar-refractivity contribution in [2.75, 3.05) is 5.32 Å². The third-order valence-corrected chi connectivity index (χ3v) is 4.08. The van der Waals surface area contributed by atoms with Crippen molar-refractivity contribution in [1.82, 2.24) is 5.16 Å². The highest BCUT2D eigenvalue weighted by molar-refractivity contribution is 6.04. The van der Waals surface area contributed by atoms with Crippen LogP contribution in [0.15, 0.2) is 65.2 Å². The van der Waals surface area contributed by atoms with Crippen LogP contribution in [0.25, 0.3) is 0 Å². The first-order chi connectivity index (χ1) is 12.7. The van der Waals surface area contributed by atoms with Gasteiger partial charge in [0.1, 0.15) is 11.5 Å². The number of esters is 1. The van der Waals surface area contributed by atoms with Crippen LogP contribution in [-0.4, -0.2) is 17.0 Å². The Morgan fingerprint density at radius 1 is 1.04 bits per heavy atom. The fourth-order valence-corrected chi connectivity index (χ4v) is 2.50. The third kappa shape index (κ3) is 3.64. The summed E-state index contributed by atoms with van der Waals surface area (Å²) in [5, 5.41) is 6.54. The highest BCUT2D eigenvalue weighted by atomic mass is 16.5. The molecule has 1 N–H and O–H groups in total. The summed E-state index contributed by atoms with van der Waals surface area (Å²) in [5.74, 6) is 0.712. The van der Waals surface area contributed by atoms with Crippen molar-refractivity contribution >= 4 is 17.6 Å². The molecule has 3 aromatic rings. The van der Waals surface area contributed by atoms with Crippen molar-refractivity contribution in [1.29, 1.82) is 0 Å². The molecule has 1 aromatic heterocycles. The Labute approximate surface area is 149 Å². The van der Waals surface area contributed by atoms with E-state index in [4.69, 9.17) is 9.26 Å². The lowest BCUT2D eigenvalue weighted by molar-refractivity contribution is 0.0723. The molecule has 0 atom stereocenters. The number of carbonyl (C=O) groups excluding carboxylic acids is 2. The van der Waals surface area contributed by atoms with Crippen LogP contribution in [0.5, 0.6) is 5.75 Å². The van der Waals surface area contributed by atoms with E-state index in [1.54, 1.807) is 54.6 Å². The Morgan fingerprint density at radius 3 is 2.46 bits per heavy atom. The number of carbonyl (C=O) groups is 2. The summed E-state index contributed by atoms with van der Waals surface area (Å²) in [4.78, 5) is 24.2. The molecule has 1 heterocycles. The molecule has 6 nitrogen and oxygen atoms in total. The number of benzene rings is 2. The van der Waals surface area contributed by atoms with Gasteiger partial charge >= 0.3 is 5.97 Å². The SMILES string of the molecule is O=C(Nc1ccc(OC(=O)c2cc(C3CC3)on2)cc1)c1ccccc1. The van der Waals surface area contributed by atoms with Crippen LogP contribution in [0.4, 0.5) is 5.69 Å². The van der Waals surface area contributed by atoms with Crippen molar-refractivity contribution in [2.45, 2.75) is 18.8 Å². The Kier molecular flexibility index (Phi) is 4.23. The van der Waals surface area contributed by atoms with E-state index in [0.717, 1.165) is 18.6 Å². The number of ether oxygens (including phenoxy) is 1. The summed E-state index contributed by atoms with van der Waals surface area (Å²) in [7, 11) is 0. The first-order valence-corrected chi connectivity index (χ1v) is 8.34. The quantitative estimate of drug-likeness (QED) is 0.556. The van der Waals surface area contributed by atoms with Gasteiger partial charge in [-0.25, -0.2) is 4.79 Å². The summed E-state index contributed by atoms with van der Waals surface area (Å²) in [6, 6.07) is 17.1. The van der Waals surface area contributed by atoms with Gasteiger partial charge in [-0.15, -0.1) is 0 Å². The Morgan fingerprint density at radius 2 is 1.77 bits per heavy atom. The largest absolute Gasteiger partial charge is 0.422 e. The maximum atomic E-state index is 12.1. The average Bonchev–Trinajstić information content (AvgIpc) is 3.40. The van der Waals surface area contributed by atoms with E-state index in [0.29, 0.717) is 22.9 Å². The normalized spacial score (nSPS) is 13.2. The van der Waals surface area contributed by atoms with Gasteiger partial charge in [0.25, 0.3) is 5.91 Å². The first kappa shape index (κ1) is 16.1. The summed E-state index contributed by atoms with van der Waals surface area (Å²) < 4.78 is 10.4. The second kappa shape index (κ2) is 6.84. The Balaban J connectivity index is 1.37. The molecule has 1 aliphatic rings. The molecule has 0 saturated heterocycles. The number of hydrogen-bond donors (Lipinski definition) is 1. The number of nitrogens with one attached hydrogen (secondary N) is 1. The molecule has 1 aliphatic carbocycles. The molecule has 26 heavy (non-hydrogen) atoms. The van der Waals surface area contributed by atoms with Crippen LogP contribution in [0, 0.1) is 0 Å². The summed E-state index contributed by atoms with van der Waals surface area (Å²) in [6.07, 6.45) is 2.14. The maximum Gasteiger partial charge on any atom is 0.365 e. The number of hydrogen-bond acceptors (Lipinski definition) is 5. The number of nitrogens with zero attached hydrogens (tertiary/aromatic N) is 1. The summed E-state index contributed by atoms with van der Waals surface area (Å²) in [5.41, 5.74) is 1.34. The molecule has 2 aromatic carbocycles. The Hall–Kier alpha value is -3.41. The topological polar surface area (TPSA) is 81.4 Å². The minimum absolute atomic E-state index is 0.161. The second-order valence-electron chi connectivity index (χ2n) is 6.12. The fraction of sp³-hybridized carbons (Fsp3) is 0.150. The lowest BCUT2D eigenvalue weighted by Crippen LogP contribution is -2.12. The van der Waals surface area contributed by atoms with E-state index in [2.05, 4.69) is 10.5 Å². The molecular weight excluding hydrogens is 332 g/mol. The highest BCUT2D eigenvalue weighted by Crippen LogP contribution is 2.40. The molecule has 6 heteroatoms. The lowest BCUT2D eigenvalue weighted by Gasteiger charge is -2.06. The van der Waals surface area contributed by atoms with Gasteiger partial charge in [-0.1, -0.05) is 23.4 Å². The summed E-state index contributed by atoms with van der Waals surface area (Å²) >= 11 is 0.